The minimum absolute atomic E-state index is 0.302. The zero-order valence-electron chi connectivity index (χ0n) is 9.36. The molecule has 0 heterocycles. The molecule has 0 amide bonds. The summed E-state index contributed by atoms with van der Waals surface area (Å²) in [5.74, 6) is 0.356. The number of alkyl halides is 2. The number of hydrogen-bond donors (Lipinski definition) is 0. The molecule has 0 nitrogen and oxygen atoms in total. The maximum Gasteiger partial charge on any atom is 0.134 e. The van der Waals surface area contributed by atoms with Gasteiger partial charge in [-0.3, -0.25) is 0 Å². The molecule has 0 radical (unpaired) electrons. The van der Waals surface area contributed by atoms with Crippen LogP contribution in [0.1, 0.15) is 6.92 Å². The van der Waals surface area contributed by atoms with Crippen LogP contribution in [-0.2, 0) is 0 Å². The maximum absolute atomic E-state index is 6.20. The van der Waals surface area contributed by atoms with Gasteiger partial charge in [0, 0.05) is 16.1 Å². The average Bonchev–Trinajstić information content (AvgIpc) is 2.80. The molecule has 88 valence electrons. The molecule has 1 fully saturated rings. The highest BCUT2D eigenvalue weighted by Crippen LogP contribution is 2.61. The van der Waals surface area contributed by atoms with E-state index in [1.807, 2.05) is 0 Å². The summed E-state index contributed by atoms with van der Waals surface area (Å²) in [7, 11) is 0. The first-order valence-corrected chi connectivity index (χ1v) is 7.26. The van der Waals surface area contributed by atoms with Gasteiger partial charge in [0.1, 0.15) is 4.33 Å². The first kappa shape index (κ1) is 11.7. The average molecular weight is 283 g/mol. The van der Waals surface area contributed by atoms with Gasteiger partial charge in [0.2, 0.25) is 0 Å². The molecule has 3 rings (SSSR count). The number of benzene rings is 2. The lowest BCUT2D eigenvalue weighted by Gasteiger charge is -2.05. The number of hydrogen-bond acceptors (Lipinski definition) is 1. The van der Waals surface area contributed by atoms with E-state index in [0.29, 0.717) is 11.2 Å². The molecule has 0 saturated heterocycles. The molecule has 0 bridgehead atoms. The highest BCUT2D eigenvalue weighted by atomic mass is 35.5. The Morgan fingerprint density at radius 3 is 2.41 bits per heavy atom. The minimum Gasteiger partial charge on any atom is -0.119 e. The van der Waals surface area contributed by atoms with Crippen molar-refractivity contribution in [2.75, 3.05) is 0 Å². The second kappa shape index (κ2) is 4.08. The Bertz CT molecular complexity index is 560. The van der Waals surface area contributed by atoms with E-state index >= 15 is 0 Å². The van der Waals surface area contributed by atoms with Crippen molar-refractivity contribution in [2.24, 2.45) is 5.92 Å². The predicted molar refractivity (Wildman–Crippen MR) is 77.2 cm³/mol. The summed E-state index contributed by atoms with van der Waals surface area (Å²) >= 11 is 14.2. The largest absolute Gasteiger partial charge is 0.134 e. The van der Waals surface area contributed by atoms with E-state index in [9.17, 15) is 0 Å². The molecule has 17 heavy (non-hydrogen) atoms. The number of fused-ring (bicyclic) bond motifs is 1. The lowest BCUT2D eigenvalue weighted by atomic mass is 10.1. The van der Waals surface area contributed by atoms with Crippen molar-refractivity contribution in [3.05, 3.63) is 42.5 Å². The van der Waals surface area contributed by atoms with E-state index in [1.54, 1.807) is 11.8 Å². The van der Waals surface area contributed by atoms with Crippen LogP contribution in [0.25, 0.3) is 10.8 Å². The Balaban J connectivity index is 1.97. The van der Waals surface area contributed by atoms with E-state index in [4.69, 9.17) is 23.2 Å². The fourth-order valence-corrected chi connectivity index (χ4v) is 4.44. The fourth-order valence-electron chi connectivity index (χ4n) is 2.06. The molecular formula is C14H12Cl2S. The molecule has 1 saturated carbocycles. The SMILES string of the molecule is C[C@@H]1[C@@H](Sc2cccc3ccccc23)C1(Cl)Cl. The second-order valence-electron chi connectivity index (χ2n) is 4.48. The Morgan fingerprint density at radius 2 is 1.71 bits per heavy atom. The third-order valence-corrected chi connectivity index (χ3v) is 6.40. The standard InChI is InChI=1S/C14H12Cl2S/c1-9-13(14(9,15)16)17-12-8-4-6-10-5-2-3-7-11(10)12/h2-9,13H,1H3/t9-,13-/m1/s1. The van der Waals surface area contributed by atoms with Gasteiger partial charge >= 0.3 is 0 Å². The summed E-state index contributed by atoms with van der Waals surface area (Å²) in [5, 5.41) is 2.85. The molecule has 2 atom stereocenters. The van der Waals surface area contributed by atoms with Crippen molar-refractivity contribution in [2.45, 2.75) is 21.4 Å². The van der Waals surface area contributed by atoms with Crippen LogP contribution >= 0.6 is 35.0 Å². The molecule has 0 aliphatic heterocycles. The molecule has 3 heteroatoms. The van der Waals surface area contributed by atoms with Gasteiger partial charge in [-0.2, -0.15) is 0 Å². The van der Waals surface area contributed by atoms with Crippen molar-refractivity contribution >= 4 is 45.7 Å². The molecule has 1 aliphatic rings. The van der Waals surface area contributed by atoms with Gasteiger partial charge in [-0.05, 0) is 16.8 Å². The number of thioether (sulfide) groups is 1. The van der Waals surface area contributed by atoms with Gasteiger partial charge in [-0.1, -0.05) is 43.3 Å². The summed E-state index contributed by atoms with van der Waals surface area (Å²) in [6, 6.07) is 14.8. The molecule has 2 aromatic rings. The molecule has 1 aliphatic carbocycles. The lowest BCUT2D eigenvalue weighted by molar-refractivity contribution is 0.966. The van der Waals surface area contributed by atoms with Crippen molar-refractivity contribution < 1.29 is 0 Å². The predicted octanol–water partition coefficient (Wildman–Crippen LogP) is 5.12. The summed E-state index contributed by atoms with van der Waals surface area (Å²) < 4.78 is -0.554. The topological polar surface area (TPSA) is 0 Å². The van der Waals surface area contributed by atoms with E-state index in [-0.39, 0.29) is 0 Å². The van der Waals surface area contributed by atoms with Crippen LogP contribution in [0.15, 0.2) is 47.4 Å². The molecule has 0 N–H and O–H groups in total. The molecule has 0 spiro atoms. The van der Waals surface area contributed by atoms with Gasteiger partial charge in [-0.25, -0.2) is 0 Å². The van der Waals surface area contributed by atoms with Gasteiger partial charge in [0.15, 0.2) is 0 Å². The van der Waals surface area contributed by atoms with Crippen molar-refractivity contribution in [1.29, 1.82) is 0 Å². The second-order valence-corrected chi connectivity index (χ2v) is 7.11. The normalized spacial score (nSPS) is 26.1. The zero-order chi connectivity index (χ0) is 12.0. The Hall–Kier alpha value is -0.370. The third-order valence-electron chi connectivity index (χ3n) is 3.34. The zero-order valence-corrected chi connectivity index (χ0v) is 11.7. The van der Waals surface area contributed by atoms with Crippen LogP contribution in [-0.4, -0.2) is 9.58 Å². The van der Waals surface area contributed by atoms with Crippen molar-refractivity contribution in [3.8, 4) is 0 Å². The summed E-state index contributed by atoms with van der Waals surface area (Å²) in [6.07, 6.45) is 0. The van der Waals surface area contributed by atoms with Crippen molar-refractivity contribution in [3.63, 3.8) is 0 Å². The van der Waals surface area contributed by atoms with Gasteiger partial charge in [-0.15, -0.1) is 35.0 Å². The van der Waals surface area contributed by atoms with Gasteiger partial charge in [0.05, 0.1) is 0 Å². The quantitative estimate of drug-likeness (QED) is 0.689. The van der Waals surface area contributed by atoms with Crippen LogP contribution < -0.4 is 0 Å². The van der Waals surface area contributed by atoms with Gasteiger partial charge < -0.3 is 0 Å². The molecule has 0 aromatic heterocycles. The minimum atomic E-state index is -0.554. The number of halogens is 2. The van der Waals surface area contributed by atoms with E-state index in [1.165, 1.54) is 15.7 Å². The summed E-state index contributed by atoms with van der Waals surface area (Å²) in [6.45, 7) is 2.10. The first-order chi connectivity index (χ1) is 8.10. The number of rotatable bonds is 2. The Labute approximate surface area is 115 Å². The van der Waals surface area contributed by atoms with Gasteiger partial charge in [0.25, 0.3) is 0 Å². The van der Waals surface area contributed by atoms with Crippen molar-refractivity contribution in [1.82, 2.24) is 0 Å². The van der Waals surface area contributed by atoms with Crippen LogP contribution in [0.4, 0.5) is 0 Å². The van der Waals surface area contributed by atoms with E-state index in [0.717, 1.165) is 0 Å². The summed E-state index contributed by atoms with van der Waals surface area (Å²) in [5.41, 5.74) is 0. The Morgan fingerprint density at radius 1 is 1.06 bits per heavy atom. The van der Waals surface area contributed by atoms with Crippen LogP contribution in [0, 0.1) is 5.92 Å². The van der Waals surface area contributed by atoms with E-state index in [2.05, 4.69) is 49.4 Å². The third kappa shape index (κ3) is 1.95. The fraction of sp³-hybridized carbons (Fsp3) is 0.286. The first-order valence-electron chi connectivity index (χ1n) is 5.63. The molecular weight excluding hydrogens is 271 g/mol. The maximum atomic E-state index is 6.20. The molecule has 0 unspecified atom stereocenters. The highest BCUT2D eigenvalue weighted by Gasteiger charge is 2.60. The smallest absolute Gasteiger partial charge is 0.119 e. The Kier molecular flexibility index (Phi) is 2.81. The highest BCUT2D eigenvalue weighted by molar-refractivity contribution is 8.00. The van der Waals surface area contributed by atoms with Crippen LogP contribution in [0.3, 0.4) is 0 Å². The monoisotopic (exact) mass is 282 g/mol. The summed E-state index contributed by atoms with van der Waals surface area (Å²) in [4.78, 5) is 1.27. The van der Waals surface area contributed by atoms with E-state index < -0.39 is 4.33 Å². The molecule has 2 aromatic carbocycles. The van der Waals surface area contributed by atoms with Crippen LogP contribution in [0.5, 0.6) is 0 Å². The van der Waals surface area contributed by atoms with Crippen LogP contribution in [0.2, 0.25) is 0 Å². The lowest BCUT2D eigenvalue weighted by Crippen LogP contribution is -1.90.